The molecule has 0 aliphatic heterocycles. The van der Waals surface area contributed by atoms with E-state index in [1.54, 1.807) is 25.6 Å². The number of hydrogen-bond donors (Lipinski definition) is 1. The predicted molar refractivity (Wildman–Crippen MR) is 81.9 cm³/mol. The number of aromatic nitrogens is 1. The van der Waals surface area contributed by atoms with Gasteiger partial charge in [0.05, 0.1) is 19.2 Å². The monoisotopic (exact) mass is 292 g/mol. The zero-order valence-corrected chi connectivity index (χ0v) is 12.9. The second-order valence-electron chi connectivity index (χ2n) is 4.65. The van der Waals surface area contributed by atoms with Gasteiger partial charge in [-0.25, -0.2) is 4.98 Å². The molecule has 0 aliphatic rings. The largest absolute Gasteiger partial charge is 0.493 e. The van der Waals surface area contributed by atoms with E-state index >= 15 is 0 Å². The first-order chi connectivity index (χ1) is 9.67. The molecule has 1 aromatic carbocycles. The minimum Gasteiger partial charge on any atom is -0.493 e. The maximum absolute atomic E-state index is 5.90. The Labute approximate surface area is 123 Å². The number of benzene rings is 1. The number of thiazole rings is 1. The maximum Gasteiger partial charge on any atom is 0.160 e. The fourth-order valence-corrected chi connectivity index (χ4v) is 3.04. The van der Waals surface area contributed by atoms with E-state index in [1.807, 2.05) is 25.1 Å². The molecule has 2 aromatic rings. The minimum atomic E-state index is 0.242. The second-order valence-corrected chi connectivity index (χ2v) is 5.54. The highest BCUT2D eigenvalue weighted by atomic mass is 32.1. The Morgan fingerprint density at radius 2 is 2.00 bits per heavy atom. The number of ether oxygens (including phenoxy) is 2. The van der Waals surface area contributed by atoms with Crippen molar-refractivity contribution >= 4 is 11.3 Å². The van der Waals surface area contributed by atoms with Crippen molar-refractivity contribution in [3.05, 3.63) is 39.8 Å². The molecule has 0 radical (unpaired) electrons. The van der Waals surface area contributed by atoms with Crippen LogP contribution >= 0.6 is 11.3 Å². The predicted octanol–water partition coefficient (Wildman–Crippen LogP) is 2.75. The number of hydrogen-bond acceptors (Lipinski definition) is 5. The lowest BCUT2D eigenvalue weighted by molar-refractivity contribution is 0.354. The first-order valence-corrected chi connectivity index (χ1v) is 7.39. The first-order valence-electron chi connectivity index (χ1n) is 6.51. The summed E-state index contributed by atoms with van der Waals surface area (Å²) in [5.74, 6) is 1.73. The van der Waals surface area contributed by atoms with Crippen molar-refractivity contribution in [1.82, 2.24) is 4.98 Å². The van der Waals surface area contributed by atoms with Crippen LogP contribution in [0.2, 0.25) is 0 Å². The van der Waals surface area contributed by atoms with Crippen molar-refractivity contribution < 1.29 is 9.47 Å². The van der Waals surface area contributed by atoms with Crippen LogP contribution < -0.4 is 15.2 Å². The highest BCUT2D eigenvalue weighted by Crippen LogP contribution is 2.30. The fourth-order valence-electron chi connectivity index (χ4n) is 2.12. The summed E-state index contributed by atoms with van der Waals surface area (Å²) in [4.78, 5) is 4.54. The van der Waals surface area contributed by atoms with Crippen LogP contribution in [0.15, 0.2) is 23.6 Å². The smallest absolute Gasteiger partial charge is 0.160 e. The Balaban J connectivity index is 2.19. The Bertz CT molecular complexity index is 569. The first kappa shape index (κ1) is 14.8. The van der Waals surface area contributed by atoms with Gasteiger partial charge in [0.25, 0.3) is 0 Å². The second kappa shape index (κ2) is 6.72. The van der Waals surface area contributed by atoms with E-state index in [0.29, 0.717) is 6.54 Å². The summed E-state index contributed by atoms with van der Waals surface area (Å²) >= 11 is 1.67. The van der Waals surface area contributed by atoms with Crippen molar-refractivity contribution in [3.8, 4) is 11.5 Å². The summed E-state index contributed by atoms with van der Waals surface area (Å²) in [7, 11) is 3.28. The van der Waals surface area contributed by atoms with E-state index in [1.165, 1.54) is 5.56 Å². The Morgan fingerprint density at radius 3 is 2.55 bits per heavy atom. The van der Waals surface area contributed by atoms with Crippen LogP contribution in [-0.2, 0) is 6.42 Å². The lowest BCUT2D eigenvalue weighted by Gasteiger charge is -2.14. The van der Waals surface area contributed by atoms with Gasteiger partial charge in [0.2, 0.25) is 0 Å². The third-order valence-corrected chi connectivity index (χ3v) is 4.33. The van der Waals surface area contributed by atoms with E-state index in [0.717, 1.165) is 28.6 Å². The van der Waals surface area contributed by atoms with Gasteiger partial charge < -0.3 is 15.2 Å². The van der Waals surface area contributed by atoms with Crippen LogP contribution in [0, 0.1) is 6.92 Å². The van der Waals surface area contributed by atoms with Crippen molar-refractivity contribution in [3.63, 3.8) is 0 Å². The third kappa shape index (κ3) is 3.29. The summed E-state index contributed by atoms with van der Waals surface area (Å²) < 4.78 is 10.6. The van der Waals surface area contributed by atoms with E-state index in [-0.39, 0.29) is 5.92 Å². The summed E-state index contributed by atoms with van der Waals surface area (Å²) in [5, 5.41) is 3.16. The minimum absolute atomic E-state index is 0.242. The molecule has 0 amide bonds. The van der Waals surface area contributed by atoms with E-state index in [2.05, 4.69) is 10.4 Å². The molecular weight excluding hydrogens is 272 g/mol. The molecule has 4 nitrogen and oxygen atoms in total. The van der Waals surface area contributed by atoms with Crippen molar-refractivity contribution in [2.24, 2.45) is 5.73 Å². The van der Waals surface area contributed by atoms with Crippen LogP contribution in [-0.4, -0.2) is 25.7 Å². The van der Waals surface area contributed by atoms with Crippen molar-refractivity contribution in [1.29, 1.82) is 0 Å². The molecule has 108 valence electrons. The number of rotatable bonds is 6. The van der Waals surface area contributed by atoms with Gasteiger partial charge in [-0.05, 0) is 31.0 Å². The molecular formula is C15H20N2O2S. The Kier molecular flexibility index (Phi) is 4.98. The maximum atomic E-state index is 5.90. The van der Waals surface area contributed by atoms with Gasteiger partial charge in [0.1, 0.15) is 0 Å². The summed E-state index contributed by atoms with van der Waals surface area (Å²) in [6.07, 6.45) is 0.851. The zero-order chi connectivity index (χ0) is 14.5. The van der Waals surface area contributed by atoms with Crippen LogP contribution in [0.5, 0.6) is 11.5 Å². The fraction of sp³-hybridized carbons (Fsp3) is 0.400. The normalized spacial score (nSPS) is 12.2. The molecule has 1 aromatic heterocycles. The lowest BCUT2D eigenvalue weighted by Crippen LogP contribution is -2.15. The molecule has 2 N–H and O–H groups in total. The SMILES string of the molecule is COc1ccc(CC(CN)c2nc(C)cs2)cc1OC. The standard InChI is InChI=1S/C15H20N2O2S/c1-10-9-20-15(17-10)12(8-16)6-11-4-5-13(18-2)14(7-11)19-3/h4-5,7,9,12H,6,8,16H2,1-3H3. The van der Waals surface area contributed by atoms with E-state index in [9.17, 15) is 0 Å². The zero-order valence-electron chi connectivity index (χ0n) is 12.1. The lowest BCUT2D eigenvalue weighted by atomic mass is 9.99. The Morgan fingerprint density at radius 1 is 1.25 bits per heavy atom. The van der Waals surface area contributed by atoms with Crippen LogP contribution in [0.25, 0.3) is 0 Å². The molecule has 1 heterocycles. The van der Waals surface area contributed by atoms with Crippen LogP contribution in [0.1, 0.15) is 22.2 Å². The number of nitrogens with zero attached hydrogens (tertiary/aromatic N) is 1. The number of methoxy groups -OCH3 is 2. The van der Waals surface area contributed by atoms with Gasteiger partial charge >= 0.3 is 0 Å². The van der Waals surface area contributed by atoms with Gasteiger partial charge in [0, 0.05) is 23.5 Å². The molecule has 1 atom stereocenters. The summed E-state index contributed by atoms with van der Waals surface area (Å²) in [6.45, 7) is 2.59. The number of nitrogens with two attached hydrogens (primary N) is 1. The Hall–Kier alpha value is -1.59. The molecule has 2 rings (SSSR count). The molecule has 0 saturated carbocycles. The quantitative estimate of drug-likeness (QED) is 0.889. The number of aryl methyl sites for hydroxylation is 1. The summed E-state index contributed by atoms with van der Waals surface area (Å²) in [6, 6.07) is 5.97. The molecule has 0 bridgehead atoms. The molecule has 20 heavy (non-hydrogen) atoms. The molecule has 1 unspecified atom stereocenters. The van der Waals surface area contributed by atoms with Crippen molar-refractivity contribution in [2.45, 2.75) is 19.3 Å². The van der Waals surface area contributed by atoms with E-state index in [4.69, 9.17) is 15.2 Å². The molecule has 0 spiro atoms. The molecule has 0 aliphatic carbocycles. The molecule has 0 fully saturated rings. The van der Waals surface area contributed by atoms with Gasteiger partial charge in [-0.15, -0.1) is 11.3 Å². The topological polar surface area (TPSA) is 57.4 Å². The highest BCUT2D eigenvalue weighted by Gasteiger charge is 2.15. The van der Waals surface area contributed by atoms with Gasteiger partial charge in [0.15, 0.2) is 11.5 Å². The highest BCUT2D eigenvalue weighted by molar-refractivity contribution is 7.09. The van der Waals surface area contributed by atoms with Crippen LogP contribution in [0.3, 0.4) is 0 Å². The average molecular weight is 292 g/mol. The van der Waals surface area contributed by atoms with Crippen LogP contribution in [0.4, 0.5) is 0 Å². The van der Waals surface area contributed by atoms with Crippen molar-refractivity contribution in [2.75, 3.05) is 20.8 Å². The van der Waals surface area contributed by atoms with Gasteiger partial charge in [-0.1, -0.05) is 6.07 Å². The summed E-state index contributed by atoms with van der Waals surface area (Å²) in [5.41, 5.74) is 8.12. The average Bonchev–Trinajstić information content (AvgIpc) is 2.90. The third-order valence-electron chi connectivity index (χ3n) is 3.20. The van der Waals surface area contributed by atoms with E-state index < -0.39 is 0 Å². The van der Waals surface area contributed by atoms with Gasteiger partial charge in [-0.3, -0.25) is 0 Å². The molecule has 5 heteroatoms. The van der Waals surface area contributed by atoms with Gasteiger partial charge in [-0.2, -0.15) is 0 Å². The molecule has 0 saturated heterocycles.